The fourth-order valence-electron chi connectivity index (χ4n) is 1.75. The van der Waals surface area contributed by atoms with Gasteiger partial charge in [-0.15, -0.1) is 0 Å². The summed E-state index contributed by atoms with van der Waals surface area (Å²) in [5.74, 6) is 0. The van der Waals surface area contributed by atoms with E-state index in [1.165, 1.54) is 24.3 Å². The van der Waals surface area contributed by atoms with Gasteiger partial charge in [0.15, 0.2) is 0 Å². The van der Waals surface area contributed by atoms with Crippen molar-refractivity contribution in [3.63, 3.8) is 0 Å². The second-order valence-electron chi connectivity index (χ2n) is 4.35. The van der Waals surface area contributed by atoms with Gasteiger partial charge in [0, 0.05) is 24.4 Å². The van der Waals surface area contributed by atoms with E-state index in [0.717, 1.165) is 5.56 Å². The monoisotopic (exact) mass is 307 g/mol. The quantitative estimate of drug-likeness (QED) is 0.646. The molecule has 0 atom stereocenters. The van der Waals surface area contributed by atoms with Crippen LogP contribution in [0.1, 0.15) is 5.56 Å². The highest BCUT2D eigenvalue weighted by Gasteiger charge is 2.07. The maximum absolute atomic E-state index is 11.1. The summed E-state index contributed by atoms with van der Waals surface area (Å²) in [4.78, 5) is 10.3. The Bertz CT molecular complexity index is 757. The van der Waals surface area contributed by atoms with Crippen LogP contribution >= 0.6 is 0 Å². The van der Waals surface area contributed by atoms with Gasteiger partial charge in [0.2, 0.25) is 10.0 Å². The average molecular weight is 307 g/mol. The van der Waals surface area contributed by atoms with Crippen LogP contribution < -0.4 is 10.5 Å². The van der Waals surface area contributed by atoms with Gasteiger partial charge in [-0.2, -0.15) is 0 Å². The molecule has 7 nitrogen and oxygen atoms in total. The molecule has 0 aromatic heterocycles. The van der Waals surface area contributed by atoms with Gasteiger partial charge in [0.25, 0.3) is 5.69 Å². The molecule has 0 spiro atoms. The van der Waals surface area contributed by atoms with Gasteiger partial charge in [-0.1, -0.05) is 12.1 Å². The number of hydrogen-bond donors (Lipinski definition) is 2. The van der Waals surface area contributed by atoms with E-state index in [2.05, 4.69) is 5.32 Å². The number of nitrogens with zero attached hydrogens (tertiary/aromatic N) is 1. The molecule has 0 aliphatic heterocycles. The second-order valence-corrected chi connectivity index (χ2v) is 5.91. The Morgan fingerprint density at radius 1 is 1.14 bits per heavy atom. The van der Waals surface area contributed by atoms with Crippen molar-refractivity contribution in [1.82, 2.24) is 0 Å². The molecule has 2 aromatic carbocycles. The van der Waals surface area contributed by atoms with Crippen LogP contribution in [0.15, 0.2) is 53.4 Å². The van der Waals surface area contributed by atoms with Gasteiger partial charge in [-0.3, -0.25) is 10.1 Å². The van der Waals surface area contributed by atoms with E-state index in [9.17, 15) is 18.5 Å². The van der Waals surface area contributed by atoms with Crippen molar-refractivity contribution in [2.45, 2.75) is 11.4 Å². The van der Waals surface area contributed by atoms with E-state index in [4.69, 9.17) is 5.14 Å². The Balaban J connectivity index is 2.06. The maximum Gasteiger partial charge on any atom is 0.269 e. The Hall–Kier alpha value is -2.45. The molecular weight excluding hydrogens is 294 g/mol. The number of sulfonamides is 1. The first kappa shape index (κ1) is 14.9. The molecule has 3 N–H and O–H groups in total. The summed E-state index contributed by atoms with van der Waals surface area (Å²) < 4.78 is 22.2. The highest BCUT2D eigenvalue weighted by atomic mass is 32.2. The number of non-ortho nitro benzene ring substituents is 1. The molecule has 2 rings (SSSR count). The SMILES string of the molecule is NS(=O)(=O)c1ccc(NCc2cccc([N+](=O)[O-])c2)cc1. The lowest BCUT2D eigenvalue weighted by atomic mass is 10.2. The van der Waals surface area contributed by atoms with Crippen LogP contribution in [0.4, 0.5) is 11.4 Å². The predicted octanol–water partition coefficient (Wildman–Crippen LogP) is 1.85. The number of rotatable bonds is 5. The lowest BCUT2D eigenvalue weighted by Crippen LogP contribution is -2.12. The highest BCUT2D eigenvalue weighted by molar-refractivity contribution is 7.89. The lowest BCUT2D eigenvalue weighted by Gasteiger charge is -2.07. The smallest absolute Gasteiger partial charge is 0.269 e. The maximum atomic E-state index is 11.1. The standard InChI is InChI=1S/C13H13N3O4S/c14-21(19,20)13-6-4-11(5-7-13)15-9-10-2-1-3-12(8-10)16(17)18/h1-8,15H,9H2,(H2,14,19,20). The highest BCUT2D eigenvalue weighted by Crippen LogP contribution is 2.16. The molecule has 8 heteroatoms. The number of primary sulfonamides is 1. The van der Waals surface area contributed by atoms with Crippen LogP contribution in [0.5, 0.6) is 0 Å². The summed E-state index contributed by atoms with van der Waals surface area (Å²) in [5, 5.41) is 18.7. The lowest BCUT2D eigenvalue weighted by molar-refractivity contribution is -0.384. The molecule has 0 unspecified atom stereocenters. The Morgan fingerprint density at radius 3 is 2.38 bits per heavy atom. The fraction of sp³-hybridized carbons (Fsp3) is 0.0769. The first-order chi connectivity index (χ1) is 9.86. The number of hydrogen-bond acceptors (Lipinski definition) is 5. The molecule has 0 heterocycles. The summed E-state index contributed by atoms with van der Waals surface area (Å²) in [6.07, 6.45) is 0. The summed E-state index contributed by atoms with van der Waals surface area (Å²) in [6, 6.07) is 12.2. The van der Waals surface area contributed by atoms with Gasteiger partial charge in [-0.25, -0.2) is 13.6 Å². The Kier molecular flexibility index (Phi) is 4.20. The molecule has 0 fully saturated rings. The van der Waals surface area contributed by atoms with Gasteiger partial charge >= 0.3 is 0 Å². The number of nitro groups is 1. The molecule has 21 heavy (non-hydrogen) atoms. The minimum atomic E-state index is -3.70. The number of nitro benzene ring substituents is 1. The van der Waals surface area contributed by atoms with Crippen molar-refractivity contribution in [2.24, 2.45) is 5.14 Å². The number of nitrogens with two attached hydrogens (primary N) is 1. The summed E-state index contributed by atoms with van der Waals surface area (Å²) in [7, 11) is -3.70. The van der Waals surface area contributed by atoms with Crippen LogP contribution in [0.3, 0.4) is 0 Å². The molecule has 0 radical (unpaired) electrons. The third-order valence-electron chi connectivity index (χ3n) is 2.80. The number of nitrogens with one attached hydrogen (secondary N) is 1. The summed E-state index contributed by atoms with van der Waals surface area (Å²) in [5.41, 5.74) is 1.47. The molecule has 0 aliphatic rings. The number of anilines is 1. The van der Waals surface area contributed by atoms with E-state index in [1.54, 1.807) is 24.3 Å². The minimum Gasteiger partial charge on any atom is -0.381 e. The molecule has 0 bridgehead atoms. The van der Waals surface area contributed by atoms with Gasteiger partial charge in [-0.05, 0) is 29.8 Å². The van der Waals surface area contributed by atoms with Crippen molar-refractivity contribution in [1.29, 1.82) is 0 Å². The number of benzene rings is 2. The Labute approximate surface area is 121 Å². The molecule has 0 saturated heterocycles. The van der Waals surface area contributed by atoms with Crippen molar-refractivity contribution in [3.05, 3.63) is 64.2 Å². The molecule has 0 amide bonds. The molecule has 0 aliphatic carbocycles. The van der Waals surface area contributed by atoms with E-state index in [-0.39, 0.29) is 10.6 Å². The predicted molar refractivity (Wildman–Crippen MR) is 78.2 cm³/mol. The summed E-state index contributed by atoms with van der Waals surface area (Å²) in [6.45, 7) is 0.385. The zero-order valence-electron chi connectivity index (χ0n) is 10.9. The third kappa shape index (κ3) is 4.01. The first-order valence-electron chi connectivity index (χ1n) is 5.96. The topological polar surface area (TPSA) is 115 Å². The second kappa shape index (κ2) is 5.90. The minimum absolute atomic E-state index is 0.0267. The van der Waals surface area contributed by atoms with Crippen LogP contribution in [0, 0.1) is 10.1 Å². The van der Waals surface area contributed by atoms with Gasteiger partial charge in [0.05, 0.1) is 9.82 Å². The van der Waals surface area contributed by atoms with Crippen molar-refractivity contribution >= 4 is 21.4 Å². The zero-order chi connectivity index (χ0) is 15.5. The average Bonchev–Trinajstić information content (AvgIpc) is 2.45. The van der Waals surface area contributed by atoms with E-state index >= 15 is 0 Å². The van der Waals surface area contributed by atoms with Gasteiger partial charge < -0.3 is 5.32 Å². The molecule has 110 valence electrons. The fourth-order valence-corrected chi connectivity index (χ4v) is 2.26. The van der Waals surface area contributed by atoms with Crippen molar-refractivity contribution in [2.75, 3.05) is 5.32 Å². The Morgan fingerprint density at radius 2 is 1.81 bits per heavy atom. The van der Waals surface area contributed by atoms with Gasteiger partial charge in [0.1, 0.15) is 0 Å². The van der Waals surface area contributed by atoms with Crippen molar-refractivity contribution < 1.29 is 13.3 Å². The van der Waals surface area contributed by atoms with E-state index < -0.39 is 14.9 Å². The largest absolute Gasteiger partial charge is 0.381 e. The van der Waals surface area contributed by atoms with E-state index in [0.29, 0.717) is 12.2 Å². The normalized spacial score (nSPS) is 11.1. The van der Waals surface area contributed by atoms with Crippen molar-refractivity contribution in [3.8, 4) is 0 Å². The van der Waals surface area contributed by atoms with Crippen LogP contribution in [-0.2, 0) is 16.6 Å². The molecule has 2 aromatic rings. The van der Waals surface area contributed by atoms with Crippen LogP contribution in [-0.4, -0.2) is 13.3 Å². The third-order valence-corrected chi connectivity index (χ3v) is 3.73. The zero-order valence-corrected chi connectivity index (χ0v) is 11.7. The van der Waals surface area contributed by atoms with Crippen LogP contribution in [0.2, 0.25) is 0 Å². The van der Waals surface area contributed by atoms with Crippen LogP contribution in [0.25, 0.3) is 0 Å². The summed E-state index contributed by atoms with van der Waals surface area (Å²) >= 11 is 0. The van der Waals surface area contributed by atoms with E-state index in [1.807, 2.05) is 0 Å². The first-order valence-corrected chi connectivity index (χ1v) is 7.51. The molecule has 0 saturated carbocycles. The molecular formula is C13H13N3O4S.